The molecule has 0 fully saturated rings. The molecule has 0 heterocycles. The number of Topliss-reactive ketones (excluding diaryl/α,β-unsaturated/α-hetero) is 1. The van der Waals surface area contributed by atoms with Crippen LogP contribution in [0.4, 0.5) is 0 Å². The minimum Gasteiger partial charge on any atom is -0.508 e. The van der Waals surface area contributed by atoms with Crippen LogP contribution in [0.15, 0.2) is 48.5 Å². The molecule has 0 saturated carbocycles. The van der Waals surface area contributed by atoms with E-state index in [1.807, 2.05) is 42.5 Å². The molecule has 0 radical (unpaired) electrons. The molecule has 2 nitrogen and oxygen atoms in total. The summed E-state index contributed by atoms with van der Waals surface area (Å²) in [6.07, 6.45) is 1.05. The predicted molar refractivity (Wildman–Crippen MR) is 72.5 cm³/mol. The van der Waals surface area contributed by atoms with E-state index < -0.39 is 0 Å². The summed E-state index contributed by atoms with van der Waals surface area (Å²) >= 11 is 0. The lowest BCUT2D eigenvalue weighted by atomic mass is 9.99. The van der Waals surface area contributed by atoms with Crippen LogP contribution in [-0.4, -0.2) is 10.9 Å². The lowest BCUT2D eigenvalue weighted by Gasteiger charge is -2.07. The molecule has 2 aromatic rings. The highest BCUT2D eigenvalue weighted by Crippen LogP contribution is 2.26. The van der Waals surface area contributed by atoms with Crippen molar-refractivity contribution in [3.63, 3.8) is 0 Å². The zero-order valence-corrected chi connectivity index (χ0v) is 10.4. The molecule has 18 heavy (non-hydrogen) atoms. The van der Waals surface area contributed by atoms with Gasteiger partial charge in [-0.2, -0.15) is 0 Å². The van der Waals surface area contributed by atoms with Gasteiger partial charge in [-0.25, -0.2) is 0 Å². The van der Waals surface area contributed by atoms with Crippen molar-refractivity contribution in [3.05, 3.63) is 54.1 Å². The molecule has 0 bridgehead atoms. The molecule has 0 atom stereocenters. The van der Waals surface area contributed by atoms with Crippen molar-refractivity contribution >= 4 is 5.78 Å². The highest BCUT2D eigenvalue weighted by atomic mass is 16.3. The summed E-state index contributed by atoms with van der Waals surface area (Å²) < 4.78 is 0. The molecular formula is C16H16O2. The average molecular weight is 240 g/mol. The molecule has 0 aliphatic rings. The Morgan fingerprint density at radius 1 is 1.06 bits per heavy atom. The first-order valence-corrected chi connectivity index (χ1v) is 6.03. The summed E-state index contributed by atoms with van der Waals surface area (Å²) in [6.45, 7) is 1.57. The predicted octanol–water partition coefficient (Wildman–Crippen LogP) is 3.58. The van der Waals surface area contributed by atoms with Crippen LogP contribution in [0.2, 0.25) is 0 Å². The third-order valence-electron chi connectivity index (χ3n) is 2.93. The van der Waals surface area contributed by atoms with E-state index in [-0.39, 0.29) is 11.5 Å². The van der Waals surface area contributed by atoms with E-state index in [0.717, 1.165) is 16.7 Å². The SMILES string of the molecule is CC(=O)CCc1cc(-c2ccccc2)ccc1O. The molecule has 2 heteroatoms. The van der Waals surface area contributed by atoms with E-state index in [0.29, 0.717) is 12.8 Å². The van der Waals surface area contributed by atoms with Gasteiger partial charge in [0.15, 0.2) is 0 Å². The molecule has 0 unspecified atom stereocenters. The molecule has 1 N–H and O–H groups in total. The van der Waals surface area contributed by atoms with Crippen molar-refractivity contribution in [1.82, 2.24) is 0 Å². The summed E-state index contributed by atoms with van der Waals surface area (Å²) in [7, 11) is 0. The fourth-order valence-corrected chi connectivity index (χ4v) is 1.91. The number of phenolic OH excluding ortho intramolecular Hbond substituents is 1. The molecule has 2 rings (SSSR count). The summed E-state index contributed by atoms with van der Waals surface area (Å²) in [4.78, 5) is 11.0. The molecule has 92 valence electrons. The van der Waals surface area contributed by atoms with Crippen LogP contribution in [0.25, 0.3) is 11.1 Å². The Morgan fingerprint density at radius 3 is 2.44 bits per heavy atom. The van der Waals surface area contributed by atoms with Crippen LogP contribution >= 0.6 is 0 Å². The number of ketones is 1. The Kier molecular flexibility index (Phi) is 3.78. The van der Waals surface area contributed by atoms with E-state index in [4.69, 9.17) is 0 Å². The van der Waals surface area contributed by atoms with E-state index in [9.17, 15) is 9.90 Å². The summed E-state index contributed by atoms with van der Waals surface area (Å²) in [5, 5.41) is 9.78. The standard InChI is InChI=1S/C16H16O2/c1-12(17)7-8-15-11-14(9-10-16(15)18)13-5-3-2-4-6-13/h2-6,9-11,18H,7-8H2,1H3. The van der Waals surface area contributed by atoms with Gasteiger partial charge in [-0.15, -0.1) is 0 Å². The van der Waals surface area contributed by atoms with Crippen molar-refractivity contribution < 1.29 is 9.90 Å². The molecule has 0 aliphatic heterocycles. The van der Waals surface area contributed by atoms with Crippen LogP contribution in [0.1, 0.15) is 18.9 Å². The first kappa shape index (κ1) is 12.4. The lowest BCUT2D eigenvalue weighted by molar-refractivity contribution is -0.116. The number of benzene rings is 2. The van der Waals surface area contributed by atoms with Gasteiger partial charge in [-0.3, -0.25) is 0 Å². The van der Waals surface area contributed by atoms with Crippen molar-refractivity contribution in [2.75, 3.05) is 0 Å². The summed E-state index contributed by atoms with van der Waals surface area (Å²) in [5.74, 6) is 0.399. The quantitative estimate of drug-likeness (QED) is 0.886. The van der Waals surface area contributed by atoms with E-state index in [1.165, 1.54) is 0 Å². The third-order valence-corrected chi connectivity index (χ3v) is 2.93. The van der Waals surface area contributed by atoms with Gasteiger partial charge in [0.1, 0.15) is 11.5 Å². The Morgan fingerprint density at radius 2 is 1.78 bits per heavy atom. The minimum atomic E-state index is 0.138. The number of carbonyl (C=O) groups is 1. The van der Waals surface area contributed by atoms with E-state index in [2.05, 4.69) is 0 Å². The number of hydrogen-bond donors (Lipinski definition) is 1. The number of aromatic hydroxyl groups is 1. The largest absolute Gasteiger partial charge is 0.508 e. The Balaban J connectivity index is 2.29. The van der Waals surface area contributed by atoms with Gasteiger partial charge in [0.05, 0.1) is 0 Å². The highest BCUT2D eigenvalue weighted by molar-refractivity contribution is 5.76. The van der Waals surface area contributed by atoms with Gasteiger partial charge >= 0.3 is 0 Å². The van der Waals surface area contributed by atoms with Crippen molar-refractivity contribution in [2.45, 2.75) is 19.8 Å². The molecule has 0 spiro atoms. The van der Waals surface area contributed by atoms with Crippen LogP contribution < -0.4 is 0 Å². The van der Waals surface area contributed by atoms with Crippen molar-refractivity contribution in [3.8, 4) is 16.9 Å². The lowest BCUT2D eigenvalue weighted by Crippen LogP contribution is -1.94. The fraction of sp³-hybridized carbons (Fsp3) is 0.188. The number of aryl methyl sites for hydroxylation is 1. The maximum atomic E-state index is 11.0. The first-order valence-electron chi connectivity index (χ1n) is 6.03. The van der Waals surface area contributed by atoms with Gasteiger partial charge < -0.3 is 9.90 Å². The van der Waals surface area contributed by atoms with Crippen LogP contribution in [0, 0.1) is 0 Å². The van der Waals surface area contributed by atoms with Crippen LogP contribution in [0.5, 0.6) is 5.75 Å². The molecule has 0 aromatic heterocycles. The van der Waals surface area contributed by atoms with Crippen molar-refractivity contribution in [1.29, 1.82) is 0 Å². The normalized spacial score (nSPS) is 10.3. The number of carbonyl (C=O) groups excluding carboxylic acids is 1. The monoisotopic (exact) mass is 240 g/mol. The van der Waals surface area contributed by atoms with Gasteiger partial charge in [0.2, 0.25) is 0 Å². The van der Waals surface area contributed by atoms with E-state index >= 15 is 0 Å². The molecule has 0 saturated heterocycles. The zero-order chi connectivity index (χ0) is 13.0. The average Bonchev–Trinajstić information content (AvgIpc) is 2.38. The second-order valence-electron chi connectivity index (χ2n) is 4.41. The maximum Gasteiger partial charge on any atom is 0.130 e. The summed E-state index contributed by atoms with van der Waals surface area (Å²) in [5.41, 5.74) is 3.00. The van der Waals surface area contributed by atoms with Gasteiger partial charge in [0.25, 0.3) is 0 Å². The maximum absolute atomic E-state index is 11.0. The second kappa shape index (κ2) is 5.50. The molecule has 0 aliphatic carbocycles. The highest BCUT2D eigenvalue weighted by Gasteiger charge is 2.05. The van der Waals surface area contributed by atoms with Gasteiger partial charge in [-0.05, 0) is 42.2 Å². The fourth-order valence-electron chi connectivity index (χ4n) is 1.91. The number of phenols is 1. The Bertz CT molecular complexity index is 544. The number of rotatable bonds is 4. The first-order chi connectivity index (χ1) is 8.66. The van der Waals surface area contributed by atoms with Crippen molar-refractivity contribution in [2.24, 2.45) is 0 Å². The van der Waals surface area contributed by atoms with Gasteiger partial charge in [0, 0.05) is 6.42 Å². The Hall–Kier alpha value is -2.09. The second-order valence-corrected chi connectivity index (χ2v) is 4.41. The topological polar surface area (TPSA) is 37.3 Å². The minimum absolute atomic E-state index is 0.138. The molecule has 2 aromatic carbocycles. The summed E-state index contributed by atoms with van der Waals surface area (Å²) in [6, 6.07) is 15.5. The molecule has 0 amide bonds. The molecular weight excluding hydrogens is 224 g/mol. The third kappa shape index (κ3) is 2.98. The van der Waals surface area contributed by atoms with Gasteiger partial charge in [-0.1, -0.05) is 36.4 Å². The number of hydrogen-bond acceptors (Lipinski definition) is 2. The van der Waals surface area contributed by atoms with Crippen LogP contribution in [-0.2, 0) is 11.2 Å². The van der Waals surface area contributed by atoms with Crippen LogP contribution in [0.3, 0.4) is 0 Å². The zero-order valence-electron chi connectivity index (χ0n) is 10.4. The van der Waals surface area contributed by atoms with E-state index in [1.54, 1.807) is 13.0 Å². The Labute approximate surface area is 107 Å². The smallest absolute Gasteiger partial charge is 0.130 e.